The Balaban J connectivity index is 1.64. The summed E-state index contributed by atoms with van der Waals surface area (Å²) < 4.78 is 0.684. The van der Waals surface area contributed by atoms with Gasteiger partial charge in [0.05, 0.1) is 13.0 Å². The Labute approximate surface area is 138 Å². The Hall–Kier alpha value is -1.50. The fourth-order valence-electron chi connectivity index (χ4n) is 2.91. The molecule has 4 nitrogen and oxygen atoms in total. The first-order valence-corrected chi connectivity index (χ1v) is 8.46. The third kappa shape index (κ3) is 2.99. The average Bonchev–Trinajstić information content (AvgIpc) is 2.99. The minimum atomic E-state index is -0.952. The lowest BCUT2D eigenvalue weighted by atomic mass is 9.96. The maximum atomic E-state index is 12.1. The van der Waals surface area contributed by atoms with E-state index in [2.05, 4.69) is 10.3 Å². The van der Waals surface area contributed by atoms with E-state index < -0.39 is 5.60 Å². The number of hydrogen-bond donors (Lipinski definition) is 3. The van der Waals surface area contributed by atoms with Crippen LogP contribution >= 0.6 is 23.6 Å². The highest BCUT2D eigenvalue weighted by Gasteiger charge is 2.36. The van der Waals surface area contributed by atoms with Crippen LogP contribution in [0.5, 0.6) is 0 Å². The lowest BCUT2D eigenvalue weighted by molar-refractivity contribution is -0.121. The standard InChI is InChI=1S/C16H18N2O2S2/c1-10-13(22-15(21)18-10)8-14(19)17-9-16(20)7-6-11-4-2-3-5-12(11)16/h2-5,20H,6-9H2,1H3,(H,17,19)(H,18,21)/t16-/m1/s1. The van der Waals surface area contributed by atoms with Crippen LogP contribution in [0.25, 0.3) is 0 Å². The second kappa shape index (κ2) is 5.95. The van der Waals surface area contributed by atoms with Crippen LogP contribution in [-0.4, -0.2) is 22.5 Å². The molecule has 0 aliphatic heterocycles. The molecule has 1 aliphatic carbocycles. The van der Waals surface area contributed by atoms with Crippen molar-refractivity contribution in [3.05, 3.63) is 49.9 Å². The van der Waals surface area contributed by atoms with Gasteiger partial charge in [0.25, 0.3) is 0 Å². The van der Waals surface area contributed by atoms with Crippen molar-refractivity contribution in [2.45, 2.75) is 31.8 Å². The lowest BCUT2D eigenvalue weighted by Gasteiger charge is -2.24. The number of aromatic amines is 1. The number of hydrogen-bond acceptors (Lipinski definition) is 4. The van der Waals surface area contributed by atoms with Crippen LogP contribution in [-0.2, 0) is 23.2 Å². The van der Waals surface area contributed by atoms with Gasteiger partial charge in [-0.25, -0.2) is 0 Å². The number of amides is 1. The van der Waals surface area contributed by atoms with Crippen molar-refractivity contribution in [3.63, 3.8) is 0 Å². The number of H-pyrrole nitrogens is 1. The molecule has 3 N–H and O–H groups in total. The number of thiazole rings is 1. The predicted octanol–water partition coefficient (Wildman–Crippen LogP) is 2.61. The molecule has 1 aromatic carbocycles. The second-order valence-corrected chi connectivity index (χ2v) is 7.48. The Morgan fingerprint density at radius 1 is 1.50 bits per heavy atom. The van der Waals surface area contributed by atoms with Gasteiger partial charge in [-0.3, -0.25) is 4.79 Å². The highest BCUT2D eigenvalue weighted by Crippen LogP contribution is 2.36. The Bertz CT molecular complexity index is 766. The summed E-state index contributed by atoms with van der Waals surface area (Å²) in [7, 11) is 0. The first-order chi connectivity index (χ1) is 10.5. The molecule has 0 spiro atoms. The van der Waals surface area contributed by atoms with Crippen molar-refractivity contribution in [3.8, 4) is 0 Å². The smallest absolute Gasteiger partial charge is 0.225 e. The van der Waals surface area contributed by atoms with E-state index in [0.29, 0.717) is 16.8 Å². The molecule has 1 atom stereocenters. The highest BCUT2D eigenvalue weighted by atomic mass is 32.1. The van der Waals surface area contributed by atoms with Crippen molar-refractivity contribution in [2.75, 3.05) is 6.54 Å². The number of aromatic nitrogens is 1. The molecule has 0 fully saturated rings. The van der Waals surface area contributed by atoms with Crippen LogP contribution in [0.1, 0.15) is 28.1 Å². The van der Waals surface area contributed by atoms with E-state index in [1.54, 1.807) is 0 Å². The molecule has 116 valence electrons. The van der Waals surface area contributed by atoms with Gasteiger partial charge in [0, 0.05) is 10.6 Å². The number of aliphatic hydroxyl groups is 1. The van der Waals surface area contributed by atoms with Crippen LogP contribution in [0, 0.1) is 10.9 Å². The monoisotopic (exact) mass is 334 g/mol. The molecule has 2 aromatic rings. The summed E-state index contributed by atoms with van der Waals surface area (Å²) in [6, 6.07) is 7.87. The van der Waals surface area contributed by atoms with Crippen LogP contribution in [0.4, 0.5) is 0 Å². The van der Waals surface area contributed by atoms with Gasteiger partial charge in [-0.1, -0.05) is 24.3 Å². The normalized spacial score (nSPS) is 19.9. The second-order valence-electron chi connectivity index (χ2n) is 5.70. The van der Waals surface area contributed by atoms with E-state index in [-0.39, 0.29) is 12.5 Å². The van der Waals surface area contributed by atoms with Gasteiger partial charge in [0.2, 0.25) is 5.91 Å². The summed E-state index contributed by atoms with van der Waals surface area (Å²) in [4.78, 5) is 16.1. The summed E-state index contributed by atoms with van der Waals surface area (Å²) >= 11 is 6.50. The van der Waals surface area contributed by atoms with E-state index in [9.17, 15) is 9.90 Å². The molecule has 1 aliphatic rings. The Morgan fingerprint density at radius 2 is 2.27 bits per heavy atom. The summed E-state index contributed by atoms with van der Waals surface area (Å²) in [6.45, 7) is 2.16. The summed E-state index contributed by atoms with van der Waals surface area (Å²) in [5.74, 6) is -0.0915. The van der Waals surface area contributed by atoms with E-state index in [1.165, 1.54) is 16.9 Å². The molecule has 1 aromatic heterocycles. The van der Waals surface area contributed by atoms with Gasteiger partial charge < -0.3 is 15.4 Å². The van der Waals surface area contributed by atoms with Crippen molar-refractivity contribution in [1.82, 2.24) is 10.3 Å². The minimum Gasteiger partial charge on any atom is -0.383 e. The topological polar surface area (TPSA) is 65.1 Å². The summed E-state index contributed by atoms with van der Waals surface area (Å²) in [5.41, 5.74) is 2.09. The van der Waals surface area contributed by atoms with Crippen molar-refractivity contribution in [1.29, 1.82) is 0 Å². The molecule has 0 radical (unpaired) electrons. The molecule has 3 rings (SSSR count). The number of benzene rings is 1. The molecule has 1 heterocycles. The van der Waals surface area contributed by atoms with Crippen molar-refractivity contribution < 1.29 is 9.90 Å². The molecule has 0 unspecified atom stereocenters. The number of nitrogens with one attached hydrogen (secondary N) is 2. The van der Waals surface area contributed by atoms with Gasteiger partial charge in [0.1, 0.15) is 5.60 Å². The van der Waals surface area contributed by atoms with Crippen molar-refractivity contribution >= 4 is 29.5 Å². The first-order valence-electron chi connectivity index (χ1n) is 7.24. The fraction of sp³-hybridized carbons (Fsp3) is 0.375. The number of rotatable bonds is 4. The largest absolute Gasteiger partial charge is 0.383 e. The summed E-state index contributed by atoms with van der Waals surface area (Å²) in [5, 5.41) is 13.6. The molecular formula is C16H18N2O2S2. The van der Waals surface area contributed by atoms with Gasteiger partial charge in [0.15, 0.2) is 3.95 Å². The van der Waals surface area contributed by atoms with Crippen LogP contribution < -0.4 is 5.32 Å². The van der Waals surface area contributed by atoms with Gasteiger partial charge in [-0.05, 0) is 43.1 Å². The fourth-order valence-corrected chi connectivity index (χ4v) is 4.20. The maximum Gasteiger partial charge on any atom is 0.225 e. The Kier molecular flexibility index (Phi) is 4.16. The number of carbonyl (C=O) groups excluding carboxylic acids is 1. The third-order valence-electron chi connectivity index (χ3n) is 4.15. The molecule has 1 amide bonds. The summed E-state index contributed by atoms with van der Waals surface area (Å²) in [6.07, 6.45) is 1.79. The van der Waals surface area contributed by atoms with E-state index >= 15 is 0 Å². The van der Waals surface area contributed by atoms with E-state index in [4.69, 9.17) is 12.2 Å². The van der Waals surface area contributed by atoms with E-state index in [1.807, 2.05) is 31.2 Å². The molecule has 6 heteroatoms. The quantitative estimate of drug-likeness (QED) is 0.753. The molecule has 0 saturated heterocycles. The lowest BCUT2D eigenvalue weighted by Crippen LogP contribution is -2.39. The number of aryl methyl sites for hydroxylation is 2. The number of fused-ring (bicyclic) bond motifs is 1. The zero-order valence-electron chi connectivity index (χ0n) is 12.3. The third-order valence-corrected chi connectivity index (χ3v) is 5.49. The molecular weight excluding hydrogens is 316 g/mol. The van der Waals surface area contributed by atoms with Gasteiger partial charge in [-0.2, -0.15) is 0 Å². The van der Waals surface area contributed by atoms with Crippen LogP contribution in [0.3, 0.4) is 0 Å². The molecule has 0 bridgehead atoms. The van der Waals surface area contributed by atoms with Crippen LogP contribution in [0.15, 0.2) is 24.3 Å². The zero-order chi connectivity index (χ0) is 15.7. The van der Waals surface area contributed by atoms with Crippen molar-refractivity contribution in [2.24, 2.45) is 0 Å². The van der Waals surface area contributed by atoms with Gasteiger partial charge in [-0.15, -0.1) is 11.3 Å². The SMILES string of the molecule is Cc1[nH]c(=S)sc1CC(=O)NC[C@]1(O)CCc2ccccc21. The maximum absolute atomic E-state index is 12.1. The zero-order valence-corrected chi connectivity index (χ0v) is 13.9. The van der Waals surface area contributed by atoms with E-state index in [0.717, 1.165) is 22.6 Å². The molecule has 0 saturated carbocycles. The number of carbonyl (C=O) groups is 1. The van der Waals surface area contributed by atoms with Crippen LogP contribution in [0.2, 0.25) is 0 Å². The average molecular weight is 334 g/mol. The molecule has 22 heavy (non-hydrogen) atoms. The van der Waals surface area contributed by atoms with Gasteiger partial charge >= 0.3 is 0 Å². The first kappa shape index (κ1) is 15.4. The minimum absolute atomic E-state index is 0.0915. The Morgan fingerprint density at radius 3 is 3.00 bits per heavy atom. The highest BCUT2D eigenvalue weighted by molar-refractivity contribution is 7.73. The predicted molar refractivity (Wildman–Crippen MR) is 89.6 cm³/mol.